The molecule has 0 spiro atoms. The van der Waals surface area contributed by atoms with Crippen molar-refractivity contribution in [2.75, 3.05) is 13.5 Å². The molecular formula is C12H17O3P. The molecule has 0 aromatic heterocycles. The molecule has 1 heterocycles. The van der Waals surface area contributed by atoms with Gasteiger partial charge >= 0.3 is 0 Å². The Bertz CT molecular complexity index is 460. The number of ether oxygens (including phenoxy) is 2. The zero-order chi connectivity index (χ0) is 12.0. The highest BCUT2D eigenvalue weighted by Gasteiger charge is 2.46. The van der Waals surface area contributed by atoms with Crippen molar-refractivity contribution in [1.82, 2.24) is 0 Å². The molecule has 16 heavy (non-hydrogen) atoms. The highest BCUT2D eigenvalue weighted by Crippen LogP contribution is 2.62. The standard InChI is InChI=1S/C12H17O3P/c1-12(2,3)16(13)8-15-10-7-5-6-9(14-4)11(10)16/h5-7H,8H2,1-4H3. The SMILES string of the molecule is COc1cccc2c1P(=O)(C(C)(C)C)CO2. The van der Waals surface area contributed by atoms with Gasteiger partial charge in [0.2, 0.25) is 0 Å². The lowest BCUT2D eigenvalue weighted by molar-refractivity contribution is 0.387. The van der Waals surface area contributed by atoms with Gasteiger partial charge in [0, 0.05) is 5.16 Å². The first kappa shape index (κ1) is 11.5. The van der Waals surface area contributed by atoms with E-state index < -0.39 is 7.14 Å². The van der Waals surface area contributed by atoms with E-state index in [1.165, 1.54) is 0 Å². The van der Waals surface area contributed by atoms with Gasteiger partial charge in [0.25, 0.3) is 0 Å². The Morgan fingerprint density at radius 3 is 2.62 bits per heavy atom. The number of methoxy groups -OCH3 is 1. The topological polar surface area (TPSA) is 35.5 Å². The molecule has 0 bridgehead atoms. The second-order valence-electron chi connectivity index (χ2n) is 4.99. The summed E-state index contributed by atoms with van der Waals surface area (Å²) in [6.07, 6.45) is 0.284. The summed E-state index contributed by atoms with van der Waals surface area (Å²) in [5.41, 5.74) is 0. The van der Waals surface area contributed by atoms with Crippen LogP contribution in [0.4, 0.5) is 0 Å². The van der Waals surface area contributed by atoms with Crippen LogP contribution in [-0.4, -0.2) is 18.6 Å². The van der Waals surface area contributed by atoms with E-state index in [-0.39, 0.29) is 11.5 Å². The van der Waals surface area contributed by atoms with Crippen LogP contribution in [0.3, 0.4) is 0 Å². The van der Waals surface area contributed by atoms with Gasteiger partial charge in [0.1, 0.15) is 17.8 Å². The number of hydrogen-bond donors (Lipinski definition) is 0. The van der Waals surface area contributed by atoms with Crippen molar-refractivity contribution in [3.8, 4) is 11.5 Å². The van der Waals surface area contributed by atoms with Crippen LogP contribution in [0.25, 0.3) is 0 Å². The predicted molar refractivity (Wildman–Crippen MR) is 65.5 cm³/mol. The number of hydrogen-bond acceptors (Lipinski definition) is 3. The van der Waals surface area contributed by atoms with Crippen LogP contribution in [0.15, 0.2) is 18.2 Å². The van der Waals surface area contributed by atoms with E-state index >= 15 is 0 Å². The summed E-state index contributed by atoms with van der Waals surface area (Å²) in [6.45, 7) is 5.95. The molecule has 1 aliphatic rings. The van der Waals surface area contributed by atoms with E-state index in [0.29, 0.717) is 11.5 Å². The third kappa shape index (κ3) is 1.46. The summed E-state index contributed by atoms with van der Waals surface area (Å²) in [5.74, 6) is 1.38. The molecule has 2 rings (SSSR count). The molecule has 0 N–H and O–H groups in total. The van der Waals surface area contributed by atoms with Crippen LogP contribution in [0.5, 0.6) is 11.5 Å². The zero-order valence-corrected chi connectivity index (χ0v) is 11.0. The van der Waals surface area contributed by atoms with Crippen LogP contribution in [0, 0.1) is 0 Å². The van der Waals surface area contributed by atoms with Crippen molar-refractivity contribution in [2.24, 2.45) is 0 Å². The van der Waals surface area contributed by atoms with Crippen LogP contribution in [0.1, 0.15) is 20.8 Å². The maximum absolute atomic E-state index is 13.0. The molecule has 1 aromatic rings. The first-order valence-corrected chi connectivity index (χ1v) is 7.19. The Kier molecular flexibility index (Phi) is 2.54. The van der Waals surface area contributed by atoms with Crippen LogP contribution >= 0.6 is 7.14 Å². The molecule has 4 heteroatoms. The largest absolute Gasteiger partial charge is 0.496 e. The van der Waals surface area contributed by atoms with Crippen molar-refractivity contribution < 1.29 is 14.0 Å². The summed E-state index contributed by atoms with van der Waals surface area (Å²) in [4.78, 5) is 0. The van der Waals surface area contributed by atoms with Crippen LogP contribution in [-0.2, 0) is 4.57 Å². The van der Waals surface area contributed by atoms with Gasteiger partial charge in [-0.05, 0) is 12.1 Å². The lowest BCUT2D eigenvalue weighted by atomic mass is 10.3. The fraction of sp³-hybridized carbons (Fsp3) is 0.500. The minimum atomic E-state index is -2.55. The summed E-state index contributed by atoms with van der Waals surface area (Å²) in [7, 11) is -0.947. The van der Waals surface area contributed by atoms with Gasteiger partial charge in [-0.2, -0.15) is 0 Å². The molecule has 1 atom stereocenters. The predicted octanol–water partition coefficient (Wildman–Crippen LogP) is 2.83. The quantitative estimate of drug-likeness (QED) is 0.708. The molecule has 88 valence electrons. The Hall–Kier alpha value is -0.950. The maximum Gasteiger partial charge on any atom is 0.163 e. The molecule has 0 fully saturated rings. The van der Waals surface area contributed by atoms with E-state index in [9.17, 15) is 4.57 Å². The van der Waals surface area contributed by atoms with Crippen LogP contribution < -0.4 is 14.8 Å². The van der Waals surface area contributed by atoms with Gasteiger partial charge in [-0.3, -0.25) is 0 Å². The second-order valence-corrected chi connectivity index (χ2v) is 8.52. The van der Waals surface area contributed by atoms with E-state index in [4.69, 9.17) is 9.47 Å². The van der Waals surface area contributed by atoms with Crippen molar-refractivity contribution in [1.29, 1.82) is 0 Å². The van der Waals surface area contributed by atoms with Crippen molar-refractivity contribution in [3.63, 3.8) is 0 Å². The molecule has 0 saturated heterocycles. The molecule has 1 unspecified atom stereocenters. The first-order valence-electron chi connectivity index (χ1n) is 5.30. The molecule has 1 aromatic carbocycles. The fourth-order valence-corrected chi connectivity index (χ4v) is 4.42. The smallest absolute Gasteiger partial charge is 0.163 e. The summed E-state index contributed by atoms with van der Waals surface area (Å²) >= 11 is 0. The highest BCUT2D eigenvalue weighted by atomic mass is 31.2. The van der Waals surface area contributed by atoms with Crippen molar-refractivity contribution >= 4 is 12.4 Å². The Balaban J connectivity index is 2.67. The number of rotatable bonds is 1. The molecule has 0 radical (unpaired) electrons. The first-order chi connectivity index (χ1) is 7.40. The average Bonchev–Trinajstić information content (AvgIpc) is 2.57. The third-order valence-electron chi connectivity index (χ3n) is 3.03. The van der Waals surface area contributed by atoms with Gasteiger partial charge in [-0.25, -0.2) is 0 Å². The maximum atomic E-state index is 13.0. The minimum absolute atomic E-state index is 0.284. The van der Waals surface area contributed by atoms with Gasteiger partial charge in [-0.15, -0.1) is 0 Å². The van der Waals surface area contributed by atoms with Crippen molar-refractivity contribution in [3.05, 3.63) is 18.2 Å². The highest BCUT2D eigenvalue weighted by molar-refractivity contribution is 7.73. The molecular weight excluding hydrogens is 223 g/mol. The Morgan fingerprint density at radius 2 is 2.06 bits per heavy atom. The van der Waals surface area contributed by atoms with E-state index in [1.807, 2.05) is 39.0 Å². The van der Waals surface area contributed by atoms with E-state index in [2.05, 4.69) is 0 Å². The normalized spacial score (nSPS) is 23.8. The molecule has 0 aliphatic carbocycles. The fourth-order valence-electron chi connectivity index (χ4n) is 1.89. The van der Waals surface area contributed by atoms with Crippen molar-refractivity contribution in [2.45, 2.75) is 25.9 Å². The minimum Gasteiger partial charge on any atom is -0.496 e. The zero-order valence-electron chi connectivity index (χ0n) is 10.1. The lowest BCUT2D eigenvalue weighted by Crippen LogP contribution is -2.22. The van der Waals surface area contributed by atoms with Gasteiger partial charge in [-0.1, -0.05) is 26.8 Å². The average molecular weight is 240 g/mol. The summed E-state index contributed by atoms with van der Waals surface area (Å²) in [5, 5.41) is 0.470. The van der Waals surface area contributed by atoms with Crippen LogP contribution in [0.2, 0.25) is 0 Å². The van der Waals surface area contributed by atoms with Gasteiger partial charge < -0.3 is 14.0 Å². The third-order valence-corrected chi connectivity index (χ3v) is 6.85. The Labute approximate surface area is 96.1 Å². The van der Waals surface area contributed by atoms with Gasteiger partial charge in [0.05, 0.1) is 12.4 Å². The second kappa shape index (κ2) is 3.53. The Morgan fingerprint density at radius 1 is 1.38 bits per heavy atom. The van der Waals surface area contributed by atoms with E-state index in [1.54, 1.807) is 7.11 Å². The lowest BCUT2D eigenvalue weighted by Gasteiger charge is -2.27. The molecule has 1 aliphatic heterocycles. The molecule has 0 saturated carbocycles. The van der Waals surface area contributed by atoms with E-state index in [0.717, 1.165) is 5.30 Å². The summed E-state index contributed by atoms with van der Waals surface area (Å²) in [6, 6.07) is 5.55. The monoisotopic (exact) mass is 240 g/mol. The summed E-state index contributed by atoms with van der Waals surface area (Å²) < 4.78 is 23.9. The number of fused-ring (bicyclic) bond motifs is 1. The molecule has 0 amide bonds. The van der Waals surface area contributed by atoms with Gasteiger partial charge in [0.15, 0.2) is 7.14 Å². The molecule has 3 nitrogen and oxygen atoms in total. The number of benzene rings is 1.